The molecular formula is C16H14F2N2O. The Labute approximate surface area is 121 Å². The Hall–Kier alpha value is -2.56. The van der Waals surface area contributed by atoms with Crippen LogP contribution in [0, 0.1) is 11.6 Å². The smallest absolute Gasteiger partial charge is 0.201 e. The molecule has 0 radical (unpaired) electrons. The van der Waals surface area contributed by atoms with E-state index in [0.29, 0.717) is 5.56 Å². The minimum Gasteiger partial charge on any atom is -0.383 e. The van der Waals surface area contributed by atoms with Gasteiger partial charge in [-0.1, -0.05) is 6.07 Å². The molecule has 1 aromatic heterocycles. The summed E-state index contributed by atoms with van der Waals surface area (Å²) < 4.78 is 27.6. The third-order valence-corrected chi connectivity index (χ3v) is 2.81. The fourth-order valence-corrected chi connectivity index (χ4v) is 1.90. The van der Waals surface area contributed by atoms with Crippen molar-refractivity contribution in [2.45, 2.75) is 0 Å². The van der Waals surface area contributed by atoms with Gasteiger partial charge < -0.3 is 4.90 Å². The molecule has 21 heavy (non-hydrogen) atoms. The largest absolute Gasteiger partial charge is 0.383 e. The van der Waals surface area contributed by atoms with Crippen LogP contribution in [0.2, 0.25) is 0 Å². The zero-order valence-corrected chi connectivity index (χ0v) is 11.7. The Balaban J connectivity index is 2.55. The highest BCUT2D eigenvalue weighted by molar-refractivity contribution is 6.29. The van der Waals surface area contributed by atoms with Gasteiger partial charge in [0.1, 0.15) is 11.6 Å². The average Bonchev–Trinajstić information content (AvgIpc) is 2.45. The van der Waals surface area contributed by atoms with E-state index >= 15 is 0 Å². The zero-order chi connectivity index (χ0) is 15.4. The Morgan fingerprint density at radius 2 is 1.67 bits per heavy atom. The first kappa shape index (κ1) is 14.8. The summed E-state index contributed by atoms with van der Waals surface area (Å²) in [6.45, 7) is 0. The van der Waals surface area contributed by atoms with Crippen LogP contribution >= 0.6 is 0 Å². The second kappa shape index (κ2) is 6.26. The lowest BCUT2D eigenvalue weighted by Gasteiger charge is -2.12. The zero-order valence-electron chi connectivity index (χ0n) is 11.7. The second-order valence-corrected chi connectivity index (χ2v) is 4.67. The molecule has 1 aromatic carbocycles. The van der Waals surface area contributed by atoms with E-state index in [0.717, 1.165) is 12.1 Å². The van der Waals surface area contributed by atoms with Crippen LogP contribution in [0.3, 0.4) is 0 Å². The molecule has 0 saturated carbocycles. The van der Waals surface area contributed by atoms with Crippen LogP contribution in [0.15, 0.2) is 48.9 Å². The summed E-state index contributed by atoms with van der Waals surface area (Å²) >= 11 is 0. The SMILES string of the molecule is CN(C)/C=C(/C(=O)c1c(F)cccc1F)c1ccncc1. The van der Waals surface area contributed by atoms with E-state index in [2.05, 4.69) is 4.98 Å². The van der Waals surface area contributed by atoms with Gasteiger partial charge in [0, 0.05) is 38.3 Å². The predicted molar refractivity (Wildman–Crippen MR) is 76.6 cm³/mol. The van der Waals surface area contributed by atoms with Crippen molar-refractivity contribution in [2.75, 3.05) is 14.1 Å². The number of carbonyl (C=O) groups excluding carboxylic acids is 1. The molecule has 0 aliphatic carbocycles. The molecule has 0 aliphatic heterocycles. The van der Waals surface area contributed by atoms with Gasteiger partial charge in [-0.05, 0) is 29.8 Å². The standard InChI is InChI=1S/C16H14F2N2O/c1-20(2)10-12(11-6-8-19-9-7-11)16(21)15-13(17)4-3-5-14(15)18/h3-10H,1-2H3/b12-10+. The fourth-order valence-electron chi connectivity index (χ4n) is 1.90. The van der Waals surface area contributed by atoms with E-state index in [4.69, 9.17) is 0 Å². The summed E-state index contributed by atoms with van der Waals surface area (Å²) in [7, 11) is 3.46. The molecule has 1 heterocycles. The number of allylic oxidation sites excluding steroid dienone is 1. The van der Waals surface area contributed by atoms with Crippen LogP contribution in [0.1, 0.15) is 15.9 Å². The molecule has 0 unspecified atom stereocenters. The molecule has 0 fully saturated rings. The number of ketones is 1. The fraction of sp³-hybridized carbons (Fsp3) is 0.125. The average molecular weight is 288 g/mol. The Morgan fingerprint density at radius 3 is 2.19 bits per heavy atom. The van der Waals surface area contributed by atoms with E-state index in [-0.39, 0.29) is 5.57 Å². The van der Waals surface area contributed by atoms with Crippen molar-refractivity contribution in [2.24, 2.45) is 0 Å². The van der Waals surface area contributed by atoms with Gasteiger partial charge in [-0.2, -0.15) is 0 Å². The van der Waals surface area contributed by atoms with Crippen molar-refractivity contribution in [1.82, 2.24) is 9.88 Å². The van der Waals surface area contributed by atoms with Crippen molar-refractivity contribution >= 4 is 11.4 Å². The summed E-state index contributed by atoms with van der Waals surface area (Å²) in [6.07, 6.45) is 4.57. The van der Waals surface area contributed by atoms with Gasteiger partial charge in [0.15, 0.2) is 0 Å². The lowest BCUT2D eigenvalue weighted by Crippen LogP contribution is -2.12. The number of hydrogen-bond acceptors (Lipinski definition) is 3. The van der Waals surface area contributed by atoms with Crippen molar-refractivity contribution in [3.63, 3.8) is 0 Å². The molecule has 0 atom stereocenters. The summed E-state index contributed by atoms with van der Waals surface area (Å²) in [6, 6.07) is 6.59. The molecule has 3 nitrogen and oxygen atoms in total. The molecule has 2 rings (SSSR count). The van der Waals surface area contributed by atoms with Crippen LogP contribution in [-0.4, -0.2) is 29.8 Å². The highest BCUT2D eigenvalue weighted by Crippen LogP contribution is 2.23. The highest BCUT2D eigenvalue weighted by atomic mass is 19.1. The summed E-state index contributed by atoms with van der Waals surface area (Å²) in [4.78, 5) is 18.0. The van der Waals surface area contributed by atoms with Gasteiger partial charge in [0.25, 0.3) is 0 Å². The van der Waals surface area contributed by atoms with Crippen LogP contribution < -0.4 is 0 Å². The number of aromatic nitrogens is 1. The summed E-state index contributed by atoms with van der Waals surface area (Å²) in [5.41, 5.74) is 0.195. The number of nitrogens with zero attached hydrogens (tertiary/aromatic N) is 2. The third kappa shape index (κ3) is 3.31. The number of hydrogen-bond donors (Lipinski definition) is 0. The van der Waals surface area contributed by atoms with E-state index < -0.39 is 23.0 Å². The number of pyridine rings is 1. The summed E-state index contributed by atoms with van der Waals surface area (Å²) in [5, 5.41) is 0. The molecule has 0 saturated heterocycles. The Bertz CT molecular complexity index is 662. The second-order valence-electron chi connectivity index (χ2n) is 4.67. The number of rotatable bonds is 4. The minimum atomic E-state index is -0.876. The van der Waals surface area contributed by atoms with Gasteiger partial charge in [-0.15, -0.1) is 0 Å². The van der Waals surface area contributed by atoms with Crippen LogP contribution in [0.5, 0.6) is 0 Å². The lowest BCUT2D eigenvalue weighted by atomic mass is 9.97. The molecule has 0 amide bonds. The van der Waals surface area contributed by atoms with E-state index in [9.17, 15) is 13.6 Å². The molecule has 0 N–H and O–H groups in total. The topological polar surface area (TPSA) is 33.2 Å². The third-order valence-electron chi connectivity index (χ3n) is 2.81. The molecule has 5 heteroatoms. The van der Waals surface area contributed by atoms with E-state index in [1.54, 1.807) is 31.1 Å². The minimum absolute atomic E-state index is 0.200. The van der Waals surface area contributed by atoms with E-state index in [1.807, 2.05) is 0 Å². The predicted octanol–water partition coefficient (Wildman–Crippen LogP) is 3.15. The molecule has 0 spiro atoms. The first-order valence-electron chi connectivity index (χ1n) is 6.28. The molecule has 2 aromatic rings. The maximum absolute atomic E-state index is 13.8. The normalized spacial score (nSPS) is 11.3. The first-order valence-corrected chi connectivity index (χ1v) is 6.28. The van der Waals surface area contributed by atoms with Gasteiger partial charge in [0.2, 0.25) is 5.78 Å². The molecular weight excluding hydrogens is 274 g/mol. The summed E-state index contributed by atoms with van der Waals surface area (Å²) in [5.74, 6) is -2.46. The van der Waals surface area contributed by atoms with Crippen LogP contribution in [-0.2, 0) is 0 Å². The number of benzene rings is 1. The number of halogens is 2. The quantitative estimate of drug-likeness (QED) is 0.640. The molecule has 0 aliphatic rings. The number of Topliss-reactive ketones (excluding diaryl/α,β-unsaturated/α-hetero) is 1. The maximum atomic E-state index is 13.8. The monoisotopic (exact) mass is 288 g/mol. The van der Waals surface area contributed by atoms with Crippen molar-refractivity contribution < 1.29 is 13.6 Å². The van der Waals surface area contributed by atoms with E-state index in [1.165, 1.54) is 24.7 Å². The highest BCUT2D eigenvalue weighted by Gasteiger charge is 2.22. The molecule has 0 bridgehead atoms. The maximum Gasteiger partial charge on any atom is 0.201 e. The van der Waals surface area contributed by atoms with Crippen LogP contribution in [0.4, 0.5) is 8.78 Å². The molecule has 108 valence electrons. The Kier molecular flexibility index (Phi) is 4.42. The number of carbonyl (C=O) groups is 1. The van der Waals surface area contributed by atoms with Crippen molar-refractivity contribution in [3.8, 4) is 0 Å². The van der Waals surface area contributed by atoms with Gasteiger partial charge >= 0.3 is 0 Å². The van der Waals surface area contributed by atoms with Crippen molar-refractivity contribution in [1.29, 1.82) is 0 Å². The van der Waals surface area contributed by atoms with Crippen molar-refractivity contribution in [3.05, 3.63) is 71.7 Å². The first-order chi connectivity index (χ1) is 10.0. The lowest BCUT2D eigenvalue weighted by molar-refractivity contribution is 0.104. The van der Waals surface area contributed by atoms with Crippen LogP contribution in [0.25, 0.3) is 5.57 Å². The van der Waals surface area contributed by atoms with Gasteiger partial charge in [0.05, 0.1) is 5.56 Å². The Morgan fingerprint density at radius 1 is 1.10 bits per heavy atom. The van der Waals surface area contributed by atoms with Gasteiger partial charge in [-0.3, -0.25) is 9.78 Å². The van der Waals surface area contributed by atoms with Gasteiger partial charge in [-0.25, -0.2) is 8.78 Å².